The van der Waals surface area contributed by atoms with Crippen molar-refractivity contribution in [3.05, 3.63) is 65.0 Å². The zero-order valence-corrected chi connectivity index (χ0v) is 15.2. The SMILES string of the molecule is Cc1cc(CNC(C)c2ccc(S(=O)(=O)N(C)C)cc2)ccc1F. The second-order valence-corrected chi connectivity index (χ2v) is 8.19. The molecule has 1 N–H and O–H groups in total. The predicted octanol–water partition coefficient (Wildman–Crippen LogP) is 3.24. The topological polar surface area (TPSA) is 49.4 Å². The molecule has 1 unspecified atom stereocenters. The van der Waals surface area contributed by atoms with Crippen molar-refractivity contribution in [2.75, 3.05) is 14.1 Å². The molecular formula is C18H23FN2O2S. The number of rotatable bonds is 6. The number of hydrogen-bond donors (Lipinski definition) is 1. The van der Waals surface area contributed by atoms with Crippen molar-refractivity contribution in [3.8, 4) is 0 Å². The van der Waals surface area contributed by atoms with Crippen molar-refractivity contribution in [1.82, 2.24) is 9.62 Å². The van der Waals surface area contributed by atoms with E-state index in [9.17, 15) is 12.8 Å². The third-order valence-electron chi connectivity index (χ3n) is 3.99. The number of nitrogens with one attached hydrogen (secondary N) is 1. The van der Waals surface area contributed by atoms with Gasteiger partial charge >= 0.3 is 0 Å². The van der Waals surface area contributed by atoms with Crippen LogP contribution in [0.5, 0.6) is 0 Å². The molecule has 0 radical (unpaired) electrons. The minimum absolute atomic E-state index is 0.0477. The van der Waals surface area contributed by atoms with Crippen LogP contribution in [0.1, 0.15) is 29.7 Å². The molecule has 4 nitrogen and oxygen atoms in total. The van der Waals surface area contributed by atoms with Crippen molar-refractivity contribution in [2.24, 2.45) is 0 Å². The average molecular weight is 350 g/mol. The fourth-order valence-electron chi connectivity index (χ4n) is 2.34. The lowest BCUT2D eigenvalue weighted by molar-refractivity contribution is 0.520. The Morgan fingerprint density at radius 2 is 1.75 bits per heavy atom. The van der Waals surface area contributed by atoms with Gasteiger partial charge < -0.3 is 5.32 Å². The van der Waals surface area contributed by atoms with Crippen LogP contribution in [0.2, 0.25) is 0 Å². The van der Waals surface area contributed by atoms with E-state index >= 15 is 0 Å². The molecule has 0 spiro atoms. The van der Waals surface area contributed by atoms with E-state index in [0.717, 1.165) is 11.1 Å². The van der Waals surface area contributed by atoms with E-state index < -0.39 is 10.0 Å². The fourth-order valence-corrected chi connectivity index (χ4v) is 3.25. The summed E-state index contributed by atoms with van der Waals surface area (Å²) in [6, 6.07) is 11.9. The molecule has 2 aromatic carbocycles. The second kappa shape index (κ2) is 7.42. The highest BCUT2D eigenvalue weighted by atomic mass is 32.2. The Balaban J connectivity index is 2.05. The van der Waals surface area contributed by atoms with Gasteiger partial charge in [0.1, 0.15) is 5.82 Å². The van der Waals surface area contributed by atoms with Crippen LogP contribution in [0.3, 0.4) is 0 Å². The molecule has 0 saturated carbocycles. The molecule has 0 aliphatic carbocycles. The molecule has 2 rings (SSSR count). The molecule has 1 atom stereocenters. The average Bonchev–Trinajstić information content (AvgIpc) is 2.55. The largest absolute Gasteiger partial charge is 0.306 e. The number of aryl methyl sites for hydroxylation is 1. The van der Waals surface area contributed by atoms with Gasteiger partial charge in [-0.3, -0.25) is 0 Å². The summed E-state index contributed by atoms with van der Waals surface area (Å²) in [5.74, 6) is -0.204. The lowest BCUT2D eigenvalue weighted by Gasteiger charge is -2.16. The molecule has 130 valence electrons. The van der Waals surface area contributed by atoms with Crippen molar-refractivity contribution in [3.63, 3.8) is 0 Å². The first-order valence-electron chi connectivity index (χ1n) is 7.72. The van der Waals surface area contributed by atoms with Gasteiger partial charge in [0.2, 0.25) is 10.0 Å². The van der Waals surface area contributed by atoms with Gasteiger partial charge in [0.25, 0.3) is 0 Å². The maximum atomic E-state index is 13.3. The number of benzene rings is 2. The Hall–Kier alpha value is -1.76. The molecule has 0 aliphatic rings. The quantitative estimate of drug-likeness (QED) is 0.870. The monoisotopic (exact) mass is 350 g/mol. The molecule has 0 heterocycles. The number of sulfonamides is 1. The Labute approximate surface area is 143 Å². The zero-order chi connectivity index (χ0) is 17.9. The van der Waals surface area contributed by atoms with Gasteiger partial charge in [0.15, 0.2) is 0 Å². The van der Waals surface area contributed by atoms with Crippen molar-refractivity contribution >= 4 is 10.0 Å². The highest BCUT2D eigenvalue weighted by Crippen LogP contribution is 2.19. The van der Waals surface area contributed by atoms with E-state index in [0.29, 0.717) is 12.1 Å². The van der Waals surface area contributed by atoms with E-state index in [1.165, 1.54) is 24.5 Å². The molecule has 0 amide bonds. The van der Waals surface area contributed by atoms with E-state index in [1.807, 2.05) is 25.1 Å². The van der Waals surface area contributed by atoms with Gasteiger partial charge in [-0.05, 0) is 48.7 Å². The van der Waals surface area contributed by atoms with Gasteiger partial charge in [-0.1, -0.05) is 24.3 Å². The molecule has 24 heavy (non-hydrogen) atoms. The second-order valence-electron chi connectivity index (χ2n) is 6.04. The summed E-state index contributed by atoms with van der Waals surface area (Å²) < 4.78 is 38.6. The standard InChI is InChI=1S/C18H23FN2O2S/c1-13-11-15(5-10-18(13)19)12-20-14(2)16-6-8-17(9-7-16)24(22,23)21(3)4/h5-11,14,20H,12H2,1-4H3. The van der Waals surface area contributed by atoms with E-state index in [-0.39, 0.29) is 16.8 Å². The third kappa shape index (κ3) is 4.20. The van der Waals surface area contributed by atoms with Crippen LogP contribution >= 0.6 is 0 Å². The van der Waals surface area contributed by atoms with E-state index in [1.54, 1.807) is 25.1 Å². The Morgan fingerprint density at radius 1 is 1.12 bits per heavy atom. The van der Waals surface area contributed by atoms with Crippen LogP contribution in [-0.4, -0.2) is 26.8 Å². The third-order valence-corrected chi connectivity index (χ3v) is 5.82. The van der Waals surface area contributed by atoms with E-state index in [2.05, 4.69) is 5.32 Å². The molecule has 0 aromatic heterocycles. The maximum Gasteiger partial charge on any atom is 0.242 e. The first kappa shape index (κ1) is 18.6. The van der Waals surface area contributed by atoms with Crippen LogP contribution < -0.4 is 5.32 Å². The van der Waals surface area contributed by atoms with Gasteiger partial charge in [-0.2, -0.15) is 0 Å². The highest BCUT2D eigenvalue weighted by Gasteiger charge is 2.17. The van der Waals surface area contributed by atoms with Crippen molar-refractivity contribution < 1.29 is 12.8 Å². The molecule has 2 aromatic rings. The normalized spacial score (nSPS) is 13.2. The Bertz CT molecular complexity index is 802. The zero-order valence-electron chi connectivity index (χ0n) is 14.4. The van der Waals surface area contributed by atoms with Gasteiger partial charge in [0.05, 0.1) is 4.90 Å². The van der Waals surface area contributed by atoms with Crippen LogP contribution in [-0.2, 0) is 16.6 Å². The summed E-state index contributed by atoms with van der Waals surface area (Å²) in [5.41, 5.74) is 2.62. The Morgan fingerprint density at radius 3 is 2.29 bits per heavy atom. The number of halogens is 1. The number of hydrogen-bond acceptors (Lipinski definition) is 3. The lowest BCUT2D eigenvalue weighted by atomic mass is 10.1. The molecule has 0 fully saturated rings. The van der Waals surface area contributed by atoms with Gasteiger partial charge in [-0.25, -0.2) is 17.1 Å². The minimum atomic E-state index is -3.41. The summed E-state index contributed by atoms with van der Waals surface area (Å²) in [4.78, 5) is 0.276. The first-order chi connectivity index (χ1) is 11.2. The molecule has 0 saturated heterocycles. The molecule has 6 heteroatoms. The lowest BCUT2D eigenvalue weighted by Crippen LogP contribution is -2.22. The van der Waals surface area contributed by atoms with Crippen LogP contribution in [0.15, 0.2) is 47.4 Å². The summed E-state index contributed by atoms with van der Waals surface area (Å²) in [6.07, 6.45) is 0. The summed E-state index contributed by atoms with van der Waals surface area (Å²) >= 11 is 0. The summed E-state index contributed by atoms with van der Waals surface area (Å²) in [7, 11) is -0.382. The summed E-state index contributed by atoms with van der Waals surface area (Å²) in [5, 5.41) is 3.36. The van der Waals surface area contributed by atoms with Crippen molar-refractivity contribution in [2.45, 2.75) is 31.3 Å². The predicted molar refractivity (Wildman–Crippen MR) is 93.7 cm³/mol. The van der Waals surface area contributed by atoms with Crippen LogP contribution in [0.25, 0.3) is 0 Å². The first-order valence-corrected chi connectivity index (χ1v) is 9.16. The van der Waals surface area contributed by atoms with Gasteiger partial charge in [-0.15, -0.1) is 0 Å². The molecular weight excluding hydrogens is 327 g/mol. The fraction of sp³-hybridized carbons (Fsp3) is 0.333. The Kier molecular flexibility index (Phi) is 5.74. The summed E-state index contributed by atoms with van der Waals surface area (Å²) in [6.45, 7) is 4.36. The van der Waals surface area contributed by atoms with Crippen LogP contribution in [0, 0.1) is 12.7 Å². The van der Waals surface area contributed by atoms with E-state index in [4.69, 9.17) is 0 Å². The van der Waals surface area contributed by atoms with Crippen LogP contribution in [0.4, 0.5) is 4.39 Å². The number of nitrogens with zero attached hydrogens (tertiary/aromatic N) is 1. The van der Waals surface area contributed by atoms with Crippen molar-refractivity contribution in [1.29, 1.82) is 0 Å². The maximum absolute atomic E-state index is 13.3. The van der Waals surface area contributed by atoms with Gasteiger partial charge in [0, 0.05) is 26.7 Å². The highest BCUT2D eigenvalue weighted by molar-refractivity contribution is 7.89. The molecule has 0 bridgehead atoms. The molecule has 0 aliphatic heterocycles. The minimum Gasteiger partial charge on any atom is -0.306 e. The smallest absolute Gasteiger partial charge is 0.242 e.